The number of hydrogen-bond acceptors (Lipinski definition) is 3. The highest BCUT2D eigenvalue weighted by Crippen LogP contribution is 2.33. The summed E-state index contributed by atoms with van der Waals surface area (Å²) in [7, 11) is 0. The fraction of sp³-hybridized carbons (Fsp3) is 0. The quantitative estimate of drug-likeness (QED) is 0.678. The molecule has 0 saturated heterocycles. The Morgan fingerprint density at radius 3 is 2.89 bits per heavy atom. The molecule has 2 aromatic rings. The molecule has 0 saturated carbocycles. The maximum atomic E-state index is 12.0. The zero-order valence-electron chi connectivity index (χ0n) is 9.64. The van der Waals surface area contributed by atoms with Crippen molar-refractivity contribution in [3.63, 3.8) is 0 Å². The number of carbonyl (C=O) groups excluding carboxylic acids is 2. The van der Waals surface area contributed by atoms with E-state index >= 15 is 0 Å². The number of carbonyl (C=O) groups is 2. The van der Waals surface area contributed by atoms with Gasteiger partial charge in [0, 0.05) is 27.2 Å². The summed E-state index contributed by atoms with van der Waals surface area (Å²) in [6.45, 7) is 0. The van der Waals surface area contributed by atoms with Gasteiger partial charge in [-0.25, -0.2) is 0 Å². The molecule has 0 fully saturated rings. The van der Waals surface area contributed by atoms with Crippen LogP contribution in [0.25, 0.3) is 5.57 Å². The zero-order valence-corrected chi connectivity index (χ0v) is 11.2. The molecular formula is C14H8ClNO2S. The average molecular weight is 290 g/mol. The van der Waals surface area contributed by atoms with E-state index in [0.717, 1.165) is 0 Å². The minimum absolute atomic E-state index is 0.181. The molecule has 0 aliphatic carbocycles. The van der Waals surface area contributed by atoms with Crippen molar-refractivity contribution >= 4 is 45.9 Å². The molecule has 5 heteroatoms. The lowest BCUT2D eigenvalue weighted by Crippen LogP contribution is -2.05. The van der Waals surface area contributed by atoms with E-state index in [1.807, 2.05) is 5.38 Å². The largest absolute Gasteiger partial charge is 0.321 e. The molecule has 3 nitrogen and oxygen atoms in total. The number of ketones is 1. The SMILES string of the molecule is O=C1Nc2ccc(Cl)cc2/C1=C/C(=O)c1ccsc1. The van der Waals surface area contributed by atoms with Crippen molar-refractivity contribution in [1.82, 2.24) is 0 Å². The van der Waals surface area contributed by atoms with Crippen LogP contribution in [0.5, 0.6) is 0 Å². The van der Waals surface area contributed by atoms with Crippen LogP contribution in [0, 0.1) is 0 Å². The second-order valence-electron chi connectivity index (χ2n) is 4.08. The minimum atomic E-state index is -0.277. The molecule has 1 aromatic heterocycles. The number of amides is 1. The monoisotopic (exact) mass is 289 g/mol. The zero-order chi connectivity index (χ0) is 13.4. The molecule has 0 spiro atoms. The molecule has 3 rings (SSSR count). The third-order valence-electron chi connectivity index (χ3n) is 2.85. The molecule has 1 aliphatic heterocycles. The van der Waals surface area contributed by atoms with Gasteiger partial charge < -0.3 is 5.32 Å². The number of nitrogens with one attached hydrogen (secondary N) is 1. The van der Waals surface area contributed by atoms with Crippen LogP contribution in [0.15, 0.2) is 41.1 Å². The van der Waals surface area contributed by atoms with Crippen LogP contribution in [0.3, 0.4) is 0 Å². The molecule has 94 valence electrons. The summed E-state index contributed by atoms with van der Waals surface area (Å²) in [6, 6.07) is 6.84. The lowest BCUT2D eigenvalue weighted by Gasteiger charge is -1.98. The van der Waals surface area contributed by atoms with E-state index in [2.05, 4.69) is 5.32 Å². The third kappa shape index (κ3) is 2.20. The lowest BCUT2D eigenvalue weighted by molar-refractivity contribution is -0.110. The maximum absolute atomic E-state index is 12.0. The van der Waals surface area contributed by atoms with Crippen LogP contribution in [0.4, 0.5) is 5.69 Å². The first-order valence-electron chi connectivity index (χ1n) is 5.54. The van der Waals surface area contributed by atoms with Gasteiger partial charge in [0.25, 0.3) is 5.91 Å². The Morgan fingerprint density at radius 1 is 1.32 bits per heavy atom. The topological polar surface area (TPSA) is 46.2 Å². The molecule has 0 atom stereocenters. The van der Waals surface area contributed by atoms with Crippen LogP contribution >= 0.6 is 22.9 Å². The van der Waals surface area contributed by atoms with Crippen molar-refractivity contribution in [1.29, 1.82) is 0 Å². The van der Waals surface area contributed by atoms with Crippen molar-refractivity contribution < 1.29 is 9.59 Å². The van der Waals surface area contributed by atoms with Crippen LogP contribution in [0.1, 0.15) is 15.9 Å². The molecule has 1 N–H and O–H groups in total. The highest BCUT2D eigenvalue weighted by atomic mass is 35.5. The number of thiophene rings is 1. The van der Waals surface area contributed by atoms with Gasteiger partial charge in [-0.15, -0.1) is 0 Å². The van der Waals surface area contributed by atoms with Crippen molar-refractivity contribution in [2.45, 2.75) is 0 Å². The van der Waals surface area contributed by atoms with Crippen molar-refractivity contribution in [3.8, 4) is 0 Å². The number of fused-ring (bicyclic) bond motifs is 1. The van der Waals surface area contributed by atoms with Crippen molar-refractivity contribution in [2.75, 3.05) is 5.32 Å². The van der Waals surface area contributed by atoms with Gasteiger partial charge in [-0.2, -0.15) is 11.3 Å². The fourth-order valence-corrected chi connectivity index (χ4v) is 2.74. The van der Waals surface area contributed by atoms with Crippen molar-refractivity contribution in [3.05, 3.63) is 57.3 Å². The van der Waals surface area contributed by atoms with E-state index in [-0.39, 0.29) is 11.7 Å². The maximum Gasteiger partial charge on any atom is 0.256 e. The van der Waals surface area contributed by atoms with E-state index < -0.39 is 0 Å². The van der Waals surface area contributed by atoms with Crippen LogP contribution in [0.2, 0.25) is 5.02 Å². The Labute approximate surface area is 118 Å². The van der Waals surface area contributed by atoms with Crippen LogP contribution in [-0.2, 0) is 4.79 Å². The lowest BCUT2D eigenvalue weighted by atomic mass is 10.0. The Bertz CT molecular complexity index is 704. The predicted molar refractivity (Wildman–Crippen MR) is 76.7 cm³/mol. The van der Waals surface area contributed by atoms with Gasteiger partial charge in [0.1, 0.15) is 0 Å². The third-order valence-corrected chi connectivity index (χ3v) is 3.76. The molecule has 1 aliphatic rings. The summed E-state index contributed by atoms with van der Waals surface area (Å²) >= 11 is 7.37. The summed E-state index contributed by atoms with van der Waals surface area (Å²) in [6.07, 6.45) is 1.36. The van der Waals surface area contributed by atoms with E-state index in [0.29, 0.717) is 27.4 Å². The highest BCUT2D eigenvalue weighted by molar-refractivity contribution is 7.08. The normalized spacial score (nSPS) is 15.4. The molecule has 0 bridgehead atoms. The van der Waals surface area contributed by atoms with Crippen LogP contribution in [-0.4, -0.2) is 11.7 Å². The van der Waals surface area contributed by atoms with Crippen molar-refractivity contribution in [2.24, 2.45) is 0 Å². The van der Waals surface area contributed by atoms with Gasteiger partial charge in [-0.05, 0) is 35.7 Å². The minimum Gasteiger partial charge on any atom is -0.321 e. The second-order valence-corrected chi connectivity index (χ2v) is 5.29. The number of allylic oxidation sites excluding steroid dienone is 1. The van der Waals surface area contributed by atoms with Gasteiger partial charge in [0.15, 0.2) is 5.78 Å². The molecule has 2 heterocycles. The second kappa shape index (κ2) is 4.64. The van der Waals surface area contributed by atoms with Gasteiger partial charge in [0.05, 0.1) is 5.57 Å². The smallest absolute Gasteiger partial charge is 0.256 e. The molecular weight excluding hydrogens is 282 g/mol. The summed E-state index contributed by atoms with van der Waals surface area (Å²) in [5.41, 5.74) is 2.29. The number of benzene rings is 1. The van der Waals surface area contributed by atoms with E-state index in [4.69, 9.17) is 11.6 Å². The Morgan fingerprint density at radius 2 is 2.16 bits per heavy atom. The summed E-state index contributed by atoms with van der Waals surface area (Å²) in [4.78, 5) is 23.9. The first kappa shape index (κ1) is 12.1. The molecule has 0 radical (unpaired) electrons. The summed E-state index contributed by atoms with van der Waals surface area (Å²) in [5, 5.41) is 6.82. The van der Waals surface area contributed by atoms with Gasteiger partial charge >= 0.3 is 0 Å². The summed E-state index contributed by atoms with van der Waals surface area (Å²) < 4.78 is 0. The Kier molecular flexibility index (Phi) is 2.97. The van der Waals surface area contributed by atoms with Gasteiger partial charge in [-0.1, -0.05) is 11.6 Å². The van der Waals surface area contributed by atoms with Gasteiger partial charge in [0.2, 0.25) is 0 Å². The van der Waals surface area contributed by atoms with E-state index in [1.165, 1.54) is 17.4 Å². The van der Waals surface area contributed by atoms with Crippen LogP contribution < -0.4 is 5.32 Å². The first-order chi connectivity index (χ1) is 9.15. The fourth-order valence-electron chi connectivity index (χ4n) is 1.92. The summed E-state index contributed by atoms with van der Waals surface area (Å²) in [5.74, 6) is -0.458. The Hall–Kier alpha value is -1.91. The Balaban J connectivity index is 2.04. The predicted octanol–water partition coefficient (Wildman–Crippen LogP) is 3.62. The van der Waals surface area contributed by atoms with Gasteiger partial charge in [-0.3, -0.25) is 9.59 Å². The standard InChI is InChI=1S/C14H8ClNO2S/c15-9-1-2-12-10(5-9)11(14(18)16-12)6-13(17)8-3-4-19-7-8/h1-7H,(H,16,18)/b11-6-. The number of hydrogen-bond donors (Lipinski definition) is 1. The highest BCUT2D eigenvalue weighted by Gasteiger charge is 2.25. The molecule has 1 aromatic carbocycles. The average Bonchev–Trinajstić information content (AvgIpc) is 2.99. The number of halogens is 1. The van der Waals surface area contributed by atoms with E-state index in [1.54, 1.807) is 29.6 Å². The van der Waals surface area contributed by atoms with E-state index in [9.17, 15) is 9.59 Å². The first-order valence-corrected chi connectivity index (χ1v) is 6.87. The molecule has 0 unspecified atom stereocenters. The number of rotatable bonds is 2. The molecule has 19 heavy (non-hydrogen) atoms. The molecule has 1 amide bonds. The number of anilines is 1.